The van der Waals surface area contributed by atoms with Gasteiger partial charge in [0.25, 0.3) is 0 Å². The summed E-state index contributed by atoms with van der Waals surface area (Å²) in [6, 6.07) is 0. The first-order chi connectivity index (χ1) is 8.24. The van der Waals surface area contributed by atoms with Crippen molar-refractivity contribution in [2.45, 2.75) is 0 Å². The molecule has 0 atom stereocenters. The second kappa shape index (κ2) is 33.2. The van der Waals surface area contributed by atoms with Crippen molar-refractivity contribution in [1.82, 2.24) is 0 Å². The standard InChI is InChI=1S/2FH.2H2O4S.6O.3U/c;;2*1-5(2,3)4;;;;;;;;;/h2*1H;2*(H2,1,2,3,4);;;;;;;;;/q;;;;;;;;;;3*+2/p-6. The molecule has 0 heterocycles. The summed E-state index contributed by atoms with van der Waals surface area (Å²) >= 11 is -7.52. The Hall–Kier alpha value is 1.56. The van der Waals surface area contributed by atoms with Gasteiger partial charge in [-0.15, -0.1) is 0 Å². The third-order valence-electron chi connectivity index (χ3n) is 0. The first kappa shape index (κ1) is 43.3. The summed E-state index contributed by atoms with van der Waals surface area (Å²) in [7, 11) is -10.3. The monoisotopic (exact) mass is 1040 g/mol. The van der Waals surface area contributed by atoms with Gasteiger partial charge in [0.2, 0.25) is 0 Å². The molecule has 0 unspecified atom stereocenters. The van der Waals surface area contributed by atoms with Crippen molar-refractivity contribution in [3.63, 3.8) is 0 Å². The molecule has 0 saturated heterocycles. The van der Waals surface area contributed by atoms with E-state index in [1.165, 1.54) is 0 Å². The number of hydrogen-bond donors (Lipinski definition) is 0. The van der Waals surface area contributed by atoms with Gasteiger partial charge in [-0.1, -0.05) is 0 Å². The Balaban J connectivity index is -0.0000000233. The molecule has 14 nitrogen and oxygen atoms in total. The molecule has 21 heteroatoms. The predicted octanol–water partition coefficient (Wildman–Crippen LogP) is -9.38. The van der Waals surface area contributed by atoms with E-state index in [0.29, 0.717) is 0 Å². The first-order valence-corrected chi connectivity index (χ1v) is 15.4. The summed E-state index contributed by atoms with van der Waals surface area (Å²) in [5.41, 5.74) is 0. The van der Waals surface area contributed by atoms with E-state index in [1.807, 2.05) is 0 Å². The fourth-order valence-corrected chi connectivity index (χ4v) is 0. The molecule has 21 heavy (non-hydrogen) atoms. The van der Waals surface area contributed by atoms with Crippen molar-refractivity contribution >= 4 is 20.8 Å². The second-order valence-corrected chi connectivity index (χ2v) is 4.78. The number of rotatable bonds is 0. The predicted molar refractivity (Wildman–Crippen MR) is 25.1 cm³/mol. The van der Waals surface area contributed by atoms with E-state index in [-0.39, 0.29) is 9.41 Å². The molecule has 0 aromatic heterocycles. The van der Waals surface area contributed by atoms with Crippen LogP contribution in [0.2, 0.25) is 0 Å². The number of hydrogen-bond acceptors (Lipinski definition) is 14. The molecule has 0 amide bonds. The van der Waals surface area contributed by atoms with Crippen LogP contribution in [0.15, 0.2) is 0 Å². The van der Waals surface area contributed by atoms with Crippen molar-refractivity contribution < 1.29 is 141 Å². The van der Waals surface area contributed by atoms with Gasteiger partial charge in [0, 0.05) is 20.8 Å². The Morgan fingerprint density at radius 1 is 0.476 bits per heavy atom. The molecule has 0 saturated carbocycles. The van der Waals surface area contributed by atoms with Gasteiger partial charge in [-0.3, -0.25) is 16.8 Å². The molecule has 0 fully saturated rings. The van der Waals surface area contributed by atoms with Crippen LogP contribution in [-0.2, 0) is 34.2 Å². The van der Waals surface area contributed by atoms with Crippen molar-refractivity contribution in [2.24, 2.45) is 0 Å². The van der Waals surface area contributed by atoms with Gasteiger partial charge in [-0.25, -0.2) is 0 Å². The summed E-state index contributed by atoms with van der Waals surface area (Å²) in [6.45, 7) is 0. The van der Waals surface area contributed by atoms with Crippen molar-refractivity contribution in [3.8, 4) is 0 Å². The Kier molecular flexibility index (Phi) is 68.5. The van der Waals surface area contributed by atoms with Gasteiger partial charge in [0.05, 0.1) is 0 Å². The van der Waals surface area contributed by atoms with Gasteiger partial charge >= 0.3 is 96.9 Å². The summed E-state index contributed by atoms with van der Waals surface area (Å²) in [6.07, 6.45) is 0. The number of halogens is 2. The molecule has 0 aliphatic rings. The third-order valence-corrected chi connectivity index (χ3v) is 0. The summed E-state index contributed by atoms with van der Waals surface area (Å²) in [5.74, 6) is 0. The first-order valence-electron chi connectivity index (χ1n) is 2.56. The van der Waals surface area contributed by atoms with Crippen molar-refractivity contribution in [3.05, 3.63) is 0 Å². The van der Waals surface area contributed by atoms with Crippen LogP contribution in [-0.4, -0.2) is 35.0 Å². The molecule has 0 rings (SSSR count). The normalized spacial score (nSPS) is 6.67. The second-order valence-electron chi connectivity index (χ2n) is 1.07. The summed E-state index contributed by atoms with van der Waals surface area (Å²) < 4.78 is 120. The van der Waals surface area contributed by atoms with Crippen LogP contribution in [0.3, 0.4) is 0 Å². The maximum atomic E-state index is 8.58. The van der Waals surface area contributed by atoms with E-state index < -0.39 is 104 Å². The average Bonchev–Trinajstić information content (AvgIpc) is 1.99. The Labute approximate surface area is 159 Å². The zero-order valence-corrected chi connectivity index (χ0v) is 22.9. The average molecular weight is 1040 g/mol. The van der Waals surface area contributed by atoms with Gasteiger partial charge in [-0.2, -0.15) is 0 Å². The minimum atomic E-state index is -5.17. The molecule has 0 bridgehead atoms. The SMILES string of the molecule is O=S(=O)([O-])[O-].O=S(=O)([O-])[O-].[F-].[F-].[O]=[U+2]=[O].[O]=[U+2]=[O].[O]=[U+2]=[O]. The van der Waals surface area contributed by atoms with E-state index >= 15 is 0 Å². The summed E-state index contributed by atoms with van der Waals surface area (Å²) in [5, 5.41) is 0. The Bertz CT molecular complexity index is 410. The van der Waals surface area contributed by atoms with Gasteiger partial charge < -0.3 is 27.6 Å². The van der Waals surface area contributed by atoms with E-state index in [0.717, 1.165) is 0 Å². The quantitative estimate of drug-likeness (QED) is 0.161. The van der Waals surface area contributed by atoms with Gasteiger partial charge in [0.15, 0.2) is 0 Å². The van der Waals surface area contributed by atoms with Crippen LogP contribution in [0.4, 0.5) is 0 Å². The molecular weight excluding hydrogens is 1040 g/mol. The molecule has 0 aliphatic carbocycles. The van der Waals surface area contributed by atoms with Gasteiger partial charge in [-0.05, 0) is 0 Å². The minimum absolute atomic E-state index is 0. The molecule has 0 aromatic rings. The van der Waals surface area contributed by atoms with Crippen molar-refractivity contribution in [2.75, 3.05) is 0 Å². The topological polar surface area (TPSA) is 263 Å². The Morgan fingerprint density at radius 3 is 0.476 bits per heavy atom. The zero-order valence-electron chi connectivity index (χ0n) is 8.79. The van der Waals surface area contributed by atoms with Crippen LogP contribution in [0.25, 0.3) is 0 Å². The van der Waals surface area contributed by atoms with E-state index in [9.17, 15) is 0 Å². The van der Waals surface area contributed by atoms with Crippen LogP contribution in [0, 0.1) is 83.5 Å². The fraction of sp³-hybridized carbons (Fsp3) is 0. The Morgan fingerprint density at radius 2 is 0.476 bits per heavy atom. The van der Waals surface area contributed by atoms with Crippen LogP contribution >= 0.6 is 0 Å². The molecule has 122 valence electrons. The van der Waals surface area contributed by atoms with Crippen LogP contribution in [0.5, 0.6) is 0 Å². The molecule has 0 aromatic carbocycles. The summed E-state index contributed by atoms with van der Waals surface area (Å²) in [4.78, 5) is 0. The molecule has 0 N–H and O–H groups in total. The molecule has 0 aliphatic heterocycles. The van der Waals surface area contributed by atoms with Crippen molar-refractivity contribution in [1.29, 1.82) is 0 Å². The molecular formula is F2O14S2U3. The van der Waals surface area contributed by atoms with E-state index in [2.05, 4.69) is 0 Å². The van der Waals surface area contributed by atoms with E-state index in [4.69, 9.17) is 48.5 Å². The zero-order chi connectivity index (χ0) is 17.1. The molecule has 0 radical (unpaired) electrons. The van der Waals surface area contributed by atoms with Gasteiger partial charge in [0.1, 0.15) is 0 Å². The van der Waals surface area contributed by atoms with Crippen LogP contribution < -0.4 is 9.41 Å². The molecule has 0 spiro atoms. The fourth-order valence-electron chi connectivity index (χ4n) is 0. The van der Waals surface area contributed by atoms with E-state index in [1.54, 1.807) is 0 Å². The third kappa shape index (κ3) is 3410. The van der Waals surface area contributed by atoms with Crippen LogP contribution in [0.1, 0.15) is 0 Å². The maximum absolute atomic E-state index is 8.58.